The van der Waals surface area contributed by atoms with E-state index >= 15 is 0 Å². The molecule has 1 unspecified atom stereocenters. The maximum absolute atomic E-state index is 14.4. The number of alkyl halides is 2. The molecule has 1 heterocycles. The molecule has 3 rings (SSSR count). The predicted octanol–water partition coefficient (Wildman–Crippen LogP) is 3.60. The molecule has 0 bridgehead atoms. The molecule has 3 N–H and O–H groups in total. The second kappa shape index (κ2) is 6.78. The molecule has 0 spiro atoms. The number of benzene rings is 1. The second-order valence-electron chi connectivity index (χ2n) is 5.80. The average molecular weight is 336 g/mol. The summed E-state index contributed by atoms with van der Waals surface area (Å²) in [6.07, 6.45) is 1.81. The molecule has 1 aliphatic carbocycles. The smallest absolute Gasteiger partial charge is 0.320 e. The van der Waals surface area contributed by atoms with E-state index in [1.165, 1.54) is 12.1 Å². The van der Waals surface area contributed by atoms with Crippen LogP contribution in [0.2, 0.25) is 0 Å². The Hall–Kier alpha value is -2.13. The van der Waals surface area contributed by atoms with Gasteiger partial charge >= 0.3 is 6.03 Å². The molecule has 6 heteroatoms. The van der Waals surface area contributed by atoms with Crippen molar-refractivity contribution in [1.82, 2.24) is 5.32 Å². The van der Waals surface area contributed by atoms with Crippen molar-refractivity contribution < 1.29 is 18.7 Å². The van der Waals surface area contributed by atoms with Gasteiger partial charge in [-0.15, -0.1) is 0 Å². The number of hydrogen-bond donors (Lipinski definition) is 3. The topological polar surface area (TPSA) is 61.4 Å². The molecule has 1 aliphatic heterocycles. The van der Waals surface area contributed by atoms with Crippen LogP contribution in [0.5, 0.6) is 0 Å². The minimum absolute atomic E-state index is 0.131. The maximum Gasteiger partial charge on any atom is 0.320 e. The SMILES string of the molecule is CC.CC(F)(F)C1(C#CC2CC2)NC(=O)Nc2cc(CO)ccc21. The van der Waals surface area contributed by atoms with Crippen molar-refractivity contribution in [2.24, 2.45) is 5.92 Å². The lowest BCUT2D eigenvalue weighted by Crippen LogP contribution is -2.59. The molecule has 0 saturated heterocycles. The number of carbonyl (C=O) groups is 1. The fourth-order valence-corrected chi connectivity index (χ4v) is 2.50. The number of nitrogens with one attached hydrogen (secondary N) is 2. The molecule has 1 saturated carbocycles. The van der Waals surface area contributed by atoms with Gasteiger partial charge < -0.3 is 15.7 Å². The zero-order valence-electron chi connectivity index (χ0n) is 14.0. The molecule has 0 aromatic heterocycles. The molecule has 130 valence electrons. The Balaban J connectivity index is 0.00000100. The van der Waals surface area contributed by atoms with E-state index in [-0.39, 0.29) is 23.8 Å². The Morgan fingerprint density at radius 1 is 1.38 bits per heavy atom. The number of halogens is 2. The van der Waals surface area contributed by atoms with Gasteiger partial charge in [0.1, 0.15) is 0 Å². The lowest BCUT2D eigenvalue weighted by atomic mass is 9.81. The van der Waals surface area contributed by atoms with Crippen LogP contribution >= 0.6 is 0 Å². The van der Waals surface area contributed by atoms with Crippen molar-refractivity contribution in [2.75, 3.05) is 5.32 Å². The van der Waals surface area contributed by atoms with E-state index in [9.17, 15) is 18.7 Å². The first-order chi connectivity index (χ1) is 11.4. The fraction of sp³-hybridized carbons (Fsp3) is 0.500. The van der Waals surface area contributed by atoms with Crippen molar-refractivity contribution >= 4 is 11.7 Å². The summed E-state index contributed by atoms with van der Waals surface area (Å²) >= 11 is 0. The van der Waals surface area contributed by atoms with E-state index in [0.717, 1.165) is 19.8 Å². The normalized spacial score (nSPS) is 22.0. The highest BCUT2D eigenvalue weighted by Crippen LogP contribution is 2.43. The fourth-order valence-electron chi connectivity index (χ4n) is 2.50. The third-order valence-corrected chi connectivity index (χ3v) is 3.92. The predicted molar refractivity (Wildman–Crippen MR) is 88.7 cm³/mol. The Kier molecular flexibility index (Phi) is 5.14. The van der Waals surface area contributed by atoms with Crippen LogP contribution in [-0.2, 0) is 12.1 Å². The van der Waals surface area contributed by atoms with Gasteiger partial charge in [-0.05, 0) is 24.5 Å². The zero-order valence-corrected chi connectivity index (χ0v) is 14.0. The summed E-state index contributed by atoms with van der Waals surface area (Å²) in [5.41, 5.74) is -1.06. The highest BCUT2D eigenvalue weighted by Gasteiger charge is 2.55. The third kappa shape index (κ3) is 3.36. The Morgan fingerprint density at radius 2 is 2.04 bits per heavy atom. The van der Waals surface area contributed by atoms with Gasteiger partial charge in [0.25, 0.3) is 5.92 Å². The Bertz CT molecular complexity index is 684. The van der Waals surface area contributed by atoms with E-state index in [4.69, 9.17) is 0 Å². The number of aliphatic hydroxyl groups is 1. The second-order valence-corrected chi connectivity index (χ2v) is 5.80. The monoisotopic (exact) mass is 336 g/mol. The van der Waals surface area contributed by atoms with Crippen LogP contribution in [0.3, 0.4) is 0 Å². The summed E-state index contributed by atoms with van der Waals surface area (Å²) < 4.78 is 28.7. The van der Waals surface area contributed by atoms with E-state index in [0.29, 0.717) is 5.56 Å². The van der Waals surface area contributed by atoms with Crippen LogP contribution in [0.15, 0.2) is 18.2 Å². The molecular weight excluding hydrogens is 314 g/mol. The number of amides is 2. The molecule has 1 aromatic rings. The maximum atomic E-state index is 14.4. The molecule has 1 fully saturated rings. The van der Waals surface area contributed by atoms with E-state index in [1.54, 1.807) is 6.07 Å². The average Bonchev–Trinajstić information content (AvgIpc) is 3.37. The Morgan fingerprint density at radius 3 is 2.58 bits per heavy atom. The first-order valence-corrected chi connectivity index (χ1v) is 8.10. The first-order valence-electron chi connectivity index (χ1n) is 8.10. The van der Waals surface area contributed by atoms with Gasteiger partial charge in [-0.2, -0.15) is 0 Å². The molecule has 4 nitrogen and oxygen atoms in total. The minimum atomic E-state index is -3.26. The van der Waals surface area contributed by atoms with Crippen LogP contribution < -0.4 is 10.6 Å². The zero-order chi connectivity index (χ0) is 18.0. The largest absolute Gasteiger partial charge is 0.392 e. The standard InChI is InChI=1S/C16H16F2N2O2.C2H6/c1-15(17,18)16(7-6-10-2-3-10)12-5-4-11(9-21)8-13(12)19-14(22)20-16;1-2/h4-5,8,10,21H,2-3,9H2,1H3,(H2,19,20,22);1-2H3. The molecule has 24 heavy (non-hydrogen) atoms. The summed E-state index contributed by atoms with van der Waals surface area (Å²) in [6.45, 7) is 4.52. The van der Waals surface area contributed by atoms with E-state index < -0.39 is 17.5 Å². The van der Waals surface area contributed by atoms with Crippen molar-refractivity contribution in [1.29, 1.82) is 0 Å². The number of anilines is 1. The highest BCUT2D eigenvalue weighted by molar-refractivity contribution is 5.95. The highest BCUT2D eigenvalue weighted by atomic mass is 19.3. The number of urea groups is 1. The molecule has 2 aliphatic rings. The number of rotatable bonds is 2. The Labute approximate surface area is 140 Å². The number of fused-ring (bicyclic) bond motifs is 1. The van der Waals surface area contributed by atoms with Gasteiger partial charge in [0.15, 0.2) is 5.54 Å². The van der Waals surface area contributed by atoms with Gasteiger partial charge in [0.2, 0.25) is 0 Å². The summed E-state index contributed by atoms with van der Waals surface area (Å²) in [4.78, 5) is 11.9. The lowest BCUT2D eigenvalue weighted by molar-refractivity contribution is -0.0464. The molecule has 2 amide bonds. The molecule has 0 radical (unpaired) electrons. The summed E-state index contributed by atoms with van der Waals surface area (Å²) in [5.74, 6) is 2.34. The number of hydrogen-bond acceptors (Lipinski definition) is 2. The third-order valence-electron chi connectivity index (χ3n) is 3.92. The quantitative estimate of drug-likeness (QED) is 0.723. The van der Waals surface area contributed by atoms with Crippen LogP contribution in [0.25, 0.3) is 0 Å². The van der Waals surface area contributed by atoms with Gasteiger partial charge in [-0.25, -0.2) is 13.6 Å². The number of carbonyl (C=O) groups excluding carboxylic acids is 1. The van der Waals surface area contributed by atoms with Crippen LogP contribution in [0.1, 0.15) is 44.7 Å². The van der Waals surface area contributed by atoms with Gasteiger partial charge in [-0.3, -0.25) is 0 Å². The van der Waals surface area contributed by atoms with Crippen molar-refractivity contribution in [3.05, 3.63) is 29.3 Å². The van der Waals surface area contributed by atoms with E-state index in [2.05, 4.69) is 22.5 Å². The summed E-state index contributed by atoms with van der Waals surface area (Å²) in [7, 11) is 0. The van der Waals surface area contributed by atoms with Gasteiger partial charge in [-0.1, -0.05) is 37.8 Å². The molecule has 1 atom stereocenters. The van der Waals surface area contributed by atoms with E-state index in [1.807, 2.05) is 13.8 Å². The van der Waals surface area contributed by atoms with Gasteiger partial charge in [0.05, 0.1) is 6.61 Å². The molecule has 1 aromatic carbocycles. The van der Waals surface area contributed by atoms with Gasteiger partial charge in [0, 0.05) is 24.1 Å². The van der Waals surface area contributed by atoms with Crippen LogP contribution in [0.4, 0.5) is 19.3 Å². The number of aliphatic hydroxyl groups excluding tert-OH is 1. The first kappa shape index (κ1) is 18.2. The van der Waals surface area contributed by atoms with Crippen molar-refractivity contribution in [2.45, 2.75) is 51.7 Å². The summed E-state index contributed by atoms with van der Waals surface area (Å²) in [5, 5.41) is 14.0. The van der Waals surface area contributed by atoms with Crippen LogP contribution in [0, 0.1) is 17.8 Å². The lowest BCUT2D eigenvalue weighted by Gasteiger charge is -2.39. The van der Waals surface area contributed by atoms with Crippen molar-refractivity contribution in [3.8, 4) is 11.8 Å². The minimum Gasteiger partial charge on any atom is -0.392 e. The molecular formula is C18H22F2N2O2. The summed E-state index contributed by atoms with van der Waals surface area (Å²) in [6, 6.07) is 3.80. The van der Waals surface area contributed by atoms with Crippen molar-refractivity contribution in [3.63, 3.8) is 0 Å². The van der Waals surface area contributed by atoms with Crippen LogP contribution in [-0.4, -0.2) is 17.1 Å².